The predicted molar refractivity (Wildman–Crippen MR) is 95.3 cm³/mol. The van der Waals surface area contributed by atoms with Crippen LogP contribution in [0.25, 0.3) is 10.8 Å². The molecule has 8 heteroatoms. The zero-order valence-corrected chi connectivity index (χ0v) is 16.7. The molecule has 1 heterocycles. The molecule has 0 spiro atoms. The SMILES string of the molecule is O=C(O)CNC(=O)c1ncc2cc(Oc3ccccc3)ccc2c1CO.[H-].[Na+]. The Kier molecular flexibility index (Phi) is 7.32. The second-order valence-electron chi connectivity index (χ2n) is 5.48. The van der Waals surface area contributed by atoms with E-state index in [4.69, 9.17) is 9.84 Å². The number of nitrogens with zero attached hydrogens (tertiary/aromatic N) is 1. The van der Waals surface area contributed by atoms with Gasteiger partial charge in [0.1, 0.15) is 23.7 Å². The van der Waals surface area contributed by atoms with Crippen molar-refractivity contribution in [2.45, 2.75) is 6.61 Å². The molecule has 0 saturated carbocycles. The van der Waals surface area contributed by atoms with Crippen LogP contribution in [0.4, 0.5) is 0 Å². The molecule has 0 bridgehead atoms. The van der Waals surface area contributed by atoms with Crippen LogP contribution in [0.15, 0.2) is 54.7 Å². The van der Waals surface area contributed by atoms with Crippen molar-refractivity contribution in [3.63, 3.8) is 0 Å². The molecule has 3 N–H and O–H groups in total. The average Bonchev–Trinajstić information content (AvgIpc) is 2.65. The molecule has 3 aromatic rings. The van der Waals surface area contributed by atoms with Gasteiger partial charge in [0.25, 0.3) is 5.91 Å². The van der Waals surface area contributed by atoms with Gasteiger partial charge in [-0.1, -0.05) is 24.3 Å². The largest absolute Gasteiger partial charge is 1.00 e. The van der Waals surface area contributed by atoms with E-state index in [1.165, 1.54) is 6.20 Å². The van der Waals surface area contributed by atoms with Crippen LogP contribution in [0.2, 0.25) is 0 Å². The number of carboxylic acid groups (broad SMARTS) is 1. The fourth-order valence-electron chi connectivity index (χ4n) is 2.55. The molecule has 0 aliphatic rings. The quantitative estimate of drug-likeness (QED) is 0.498. The summed E-state index contributed by atoms with van der Waals surface area (Å²) in [5, 5.41) is 21.9. The summed E-state index contributed by atoms with van der Waals surface area (Å²) >= 11 is 0. The maximum absolute atomic E-state index is 12.1. The van der Waals surface area contributed by atoms with Gasteiger partial charge in [-0.15, -0.1) is 0 Å². The second-order valence-corrected chi connectivity index (χ2v) is 5.48. The number of aromatic nitrogens is 1. The van der Waals surface area contributed by atoms with Crippen molar-refractivity contribution in [2.75, 3.05) is 6.54 Å². The van der Waals surface area contributed by atoms with Crippen LogP contribution in [0, 0.1) is 0 Å². The standard InChI is InChI=1S/C19H16N2O5.Na.H/c22-11-16-15-7-6-14(26-13-4-2-1-3-5-13)8-12(15)9-20-18(16)19(25)21-10-17(23)24;;/h1-9,22H,10-11H2,(H,21,25)(H,23,24);;/q;+1;-1. The molecule has 0 aliphatic carbocycles. The van der Waals surface area contributed by atoms with Gasteiger partial charge in [-0.2, -0.15) is 0 Å². The smallest absolute Gasteiger partial charge is 1.00 e. The molecular formula is C19H17N2NaO5. The summed E-state index contributed by atoms with van der Waals surface area (Å²) in [6, 6.07) is 14.5. The maximum Gasteiger partial charge on any atom is 1.00 e. The van der Waals surface area contributed by atoms with E-state index in [1.54, 1.807) is 18.2 Å². The van der Waals surface area contributed by atoms with E-state index in [-0.39, 0.29) is 36.7 Å². The number of ether oxygens (including phenoxy) is 1. The van der Waals surface area contributed by atoms with E-state index in [1.807, 2.05) is 30.3 Å². The molecule has 0 aliphatic heterocycles. The number of benzene rings is 2. The summed E-state index contributed by atoms with van der Waals surface area (Å²) in [6.45, 7) is -0.924. The Labute approximate surface area is 178 Å². The third-order valence-electron chi connectivity index (χ3n) is 3.72. The Morgan fingerprint density at radius 1 is 1.11 bits per heavy atom. The number of para-hydroxylation sites is 1. The number of carbonyl (C=O) groups is 2. The summed E-state index contributed by atoms with van der Waals surface area (Å²) in [5.74, 6) is -0.528. The minimum absolute atomic E-state index is 0. The Morgan fingerprint density at radius 2 is 1.85 bits per heavy atom. The third kappa shape index (κ3) is 5.05. The summed E-state index contributed by atoms with van der Waals surface area (Å²) in [5.41, 5.74) is 0.328. The average molecular weight is 376 g/mol. The van der Waals surface area contributed by atoms with E-state index in [0.29, 0.717) is 27.8 Å². The van der Waals surface area contributed by atoms with Crippen LogP contribution in [0.3, 0.4) is 0 Å². The van der Waals surface area contributed by atoms with E-state index in [9.17, 15) is 14.7 Å². The van der Waals surface area contributed by atoms with Crippen LogP contribution < -0.4 is 39.6 Å². The monoisotopic (exact) mass is 376 g/mol. The number of hydrogen-bond donors (Lipinski definition) is 3. The first-order valence-corrected chi connectivity index (χ1v) is 7.84. The van der Waals surface area contributed by atoms with Crippen LogP contribution >= 0.6 is 0 Å². The normalized spacial score (nSPS) is 10.1. The number of fused-ring (bicyclic) bond motifs is 1. The van der Waals surface area contributed by atoms with Crippen molar-refractivity contribution in [1.29, 1.82) is 0 Å². The first-order chi connectivity index (χ1) is 12.6. The molecule has 27 heavy (non-hydrogen) atoms. The van der Waals surface area contributed by atoms with Crippen LogP contribution in [0.5, 0.6) is 11.5 Å². The summed E-state index contributed by atoms with van der Waals surface area (Å²) in [6.07, 6.45) is 1.49. The van der Waals surface area contributed by atoms with Crippen molar-refractivity contribution >= 4 is 22.6 Å². The molecule has 0 atom stereocenters. The van der Waals surface area contributed by atoms with Crippen molar-refractivity contribution in [2.24, 2.45) is 0 Å². The Morgan fingerprint density at radius 3 is 2.52 bits per heavy atom. The molecule has 0 unspecified atom stereocenters. The topological polar surface area (TPSA) is 109 Å². The third-order valence-corrected chi connectivity index (χ3v) is 3.72. The first-order valence-electron chi connectivity index (χ1n) is 7.84. The van der Waals surface area contributed by atoms with E-state index >= 15 is 0 Å². The number of rotatable bonds is 6. The number of amides is 1. The predicted octanol–water partition coefficient (Wildman–Crippen LogP) is -0.550. The number of aliphatic hydroxyl groups excluding tert-OH is 1. The second kappa shape index (κ2) is 9.48. The van der Waals surface area contributed by atoms with Gasteiger partial charge in [0.2, 0.25) is 0 Å². The van der Waals surface area contributed by atoms with E-state index < -0.39 is 25.0 Å². The molecule has 1 aromatic heterocycles. The minimum Gasteiger partial charge on any atom is -1.00 e. The fraction of sp³-hybridized carbons (Fsp3) is 0.105. The molecule has 0 radical (unpaired) electrons. The maximum atomic E-state index is 12.1. The van der Waals surface area contributed by atoms with E-state index in [2.05, 4.69) is 10.3 Å². The first kappa shape index (κ1) is 20.9. The van der Waals surface area contributed by atoms with Gasteiger partial charge in [-0.05, 0) is 29.7 Å². The Bertz CT molecular complexity index is 969. The van der Waals surface area contributed by atoms with Crippen LogP contribution in [-0.4, -0.2) is 33.6 Å². The zero-order chi connectivity index (χ0) is 18.5. The summed E-state index contributed by atoms with van der Waals surface area (Å²) in [7, 11) is 0. The minimum atomic E-state index is -1.16. The van der Waals surface area contributed by atoms with Gasteiger partial charge < -0.3 is 21.7 Å². The number of hydrogen-bond acceptors (Lipinski definition) is 5. The molecular weight excluding hydrogens is 359 g/mol. The van der Waals surface area contributed by atoms with Crippen LogP contribution in [0.1, 0.15) is 17.5 Å². The van der Waals surface area contributed by atoms with Gasteiger partial charge in [0.15, 0.2) is 0 Å². The molecule has 0 saturated heterocycles. The Hall–Kier alpha value is -2.45. The molecule has 3 rings (SSSR count). The summed E-state index contributed by atoms with van der Waals surface area (Å²) in [4.78, 5) is 26.8. The molecule has 0 fully saturated rings. The fourth-order valence-corrected chi connectivity index (χ4v) is 2.55. The summed E-state index contributed by atoms with van der Waals surface area (Å²) < 4.78 is 5.77. The number of nitrogens with one attached hydrogen (secondary N) is 1. The molecule has 7 nitrogen and oxygen atoms in total. The zero-order valence-electron chi connectivity index (χ0n) is 15.7. The number of pyridine rings is 1. The van der Waals surface area contributed by atoms with Crippen molar-refractivity contribution in [3.05, 3.63) is 66.0 Å². The van der Waals surface area contributed by atoms with Crippen molar-refractivity contribution < 1.29 is 55.5 Å². The van der Waals surface area contributed by atoms with Gasteiger partial charge >= 0.3 is 35.5 Å². The van der Waals surface area contributed by atoms with E-state index in [0.717, 1.165) is 0 Å². The number of aliphatic carboxylic acids is 1. The number of aliphatic hydroxyl groups is 1. The van der Waals surface area contributed by atoms with Gasteiger partial charge in [-0.3, -0.25) is 14.6 Å². The number of carboxylic acids is 1. The molecule has 1 amide bonds. The number of carbonyl (C=O) groups excluding carboxylic acids is 1. The van der Waals surface area contributed by atoms with Gasteiger partial charge in [0.05, 0.1) is 6.61 Å². The molecule has 2 aromatic carbocycles. The van der Waals surface area contributed by atoms with Crippen LogP contribution in [-0.2, 0) is 11.4 Å². The Balaban J connectivity index is 0.00000196. The van der Waals surface area contributed by atoms with Gasteiger partial charge in [-0.25, -0.2) is 0 Å². The molecule has 134 valence electrons. The van der Waals surface area contributed by atoms with Crippen molar-refractivity contribution in [3.8, 4) is 11.5 Å². The van der Waals surface area contributed by atoms with Gasteiger partial charge in [0, 0.05) is 17.1 Å². The van der Waals surface area contributed by atoms with Crippen molar-refractivity contribution in [1.82, 2.24) is 10.3 Å².